The van der Waals surface area contributed by atoms with Gasteiger partial charge < -0.3 is 51.3 Å². The van der Waals surface area contributed by atoms with Crippen LogP contribution in [0.5, 0.6) is 0 Å². The number of anilines is 3. The van der Waals surface area contributed by atoms with Crippen LogP contribution in [0.25, 0.3) is 0 Å². The predicted octanol–water partition coefficient (Wildman–Crippen LogP) is 8.86. The Bertz CT molecular complexity index is 1560. The van der Waals surface area contributed by atoms with Crippen LogP contribution in [0.1, 0.15) is 214 Å². The zero-order valence-corrected chi connectivity index (χ0v) is 46.9. The molecule has 68 heavy (non-hydrogen) atoms. The fraction of sp³-hybridized carbons (Fsp3) is 0.945. The van der Waals surface area contributed by atoms with Crippen molar-refractivity contribution >= 4 is 17.8 Å². The van der Waals surface area contributed by atoms with Crippen molar-refractivity contribution in [1.82, 2.24) is 46.9 Å². The summed E-state index contributed by atoms with van der Waals surface area (Å²) in [7, 11) is 0. The second-order valence-electron chi connectivity index (χ2n) is 27.9. The second kappa shape index (κ2) is 22.1. The summed E-state index contributed by atoms with van der Waals surface area (Å²) in [4.78, 5) is 24.3. The first kappa shape index (κ1) is 55.4. The van der Waals surface area contributed by atoms with Gasteiger partial charge in [-0.15, -0.1) is 0 Å². The van der Waals surface area contributed by atoms with E-state index >= 15 is 0 Å². The number of aromatic nitrogens is 3. The Balaban J connectivity index is 1.21. The zero-order chi connectivity index (χ0) is 49.8. The molecule has 0 unspecified atom stereocenters. The minimum atomic E-state index is -0.00832. The summed E-state index contributed by atoms with van der Waals surface area (Å²) in [5, 5.41) is 23.6. The van der Waals surface area contributed by atoms with E-state index in [9.17, 15) is 0 Å². The molecule has 392 valence electrons. The molecule has 0 aromatic carbocycles. The summed E-state index contributed by atoms with van der Waals surface area (Å²) in [6.07, 6.45) is 18.4. The molecule has 0 bridgehead atoms. The molecule has 0 saturated carbocycles. The predicted molar refractivity (Wildman–Crippen MR) is 288 cm³/mol. The summed E-state index contributed by atoms with van der Waals surface area (Å²) >= 11 is 0. The van der Waals surface area contributed by atoms with Gasteiger partial charge in [-0.05, 0) is 201 Å². The molecule has 0 atom stereocenters. The van der Waals surface area contributed by atoms with Gasteiger partial charge in [0, 0.05) is 94.7 Å². The number of morpholine rings is 1. The third kappa shape index (κ3) is 17.1. The molecular formula is C55H106N12O. The topological polar surface area (TPSA) is 130 Å². The molecule has 1 aromatic heterocycles. The van der Waals surface area contributed by atoms with E-state index in [0.29, 0.717) is 37.4 Å². The number of hydrogen-bond donors (Lipinski definition) is 6. The van der Waals surface area contributed by atoms with E-state index in [2.05, 4.69) is 157 Å². The zero-order valence-electron chi connectivity index (χ0n) is 46.9. The van der Waals surface area contributed by atoms with Crippen LogP contribution in [0.3, 0.4) is 0 Å². The van der Waals surface area contributed by atoms with Crippen molar-refractivity contribution in [2.45, 2.75) is 282 Å². The number of rotatable bonds is 21. The van der Waals surface area contributed by atoms with Crippen LogP contribution in [-0.4, -0.2) is 136 Å². The van der Waals surface area contributed by atoms with Crippen LogP contribution in [0.4, 0.5) is 17.8 Å². The molecule has 5 aliphatic heterocycles. The molecule has 0 spiro atoms. The van der Waals surface area contributed by atoms with Gasteiger partial charge in [0.1, 0.15) is 0 Å². The van der Waals surface area contributed by atoms with Gasteiger partial charge in [-0.3, -0.25) is 0 Å². The number of piperidine rings is 4. The number of nitrogens with zero attached hydrogens (tertiary/aromatic N) is 6. The first-order chi connectivity index (χ1) is 31.5. The standard InChI is InChI=1S/C55H106N12O/c1-48(2)33-41(34-49(3,4)61-48)56-25-21-17-19-23-27-66(43-37-52(9,10)63-53(11,12)38-43)46-58-45(65-29-31-68-32-30-65)59-47(60-46)67(44-39-54(13,14)64-55(15,16)40-44)28-24-20-18-22-26-57-42-35-50(5,6)62-51(7,8)36-42/h41-44,56-57,61-64H,17-40H2,1-16H3. The van der Waals surface area contributed by atoms with Gasteiger partial charge in [0.15, 0.2) is 0 Å². The van der Waals surface area contributed by atoms with Gasteiger partial charge in [0.05, 0.1) is 13.2 Å². The number of hydrogen-bond acceptors (Lipinski definition) is 13. The van der Waals surface area contributed by atoms with Crippen LogP contribution in [-0.2, 0) is 4.74 Å². The normalized spacial score (nSPS) is 25.9. The summed E-state index contributed by atoms with van der Waals surface area (Å²) in [6.45, 7) is 44.9. The third-order valence-electron chi connectivity index (χ3n) is 15.5. The van der Waals surface area contributed by atoms with Gasteiger partial charge in [0.2, 0.25) is 17.8 Å². The number of nitrogens with one attached hydrogen (secondary N) is 6. The highest BCUT2D eigenvalue weighted by atomic mass is 16.5. The fourth-order valence-corrected chi connectivity index (χ4v) is 14.4. The Morgan fingerprint density at radius 2 is 0.750 bits per heavy atom. The van der Waals surface area contributed by atoms with Crippen molar-refractivity contribution in [2.24, 2.45) is 0 Å². The van der Waals surface area contributed by atoms with Crippen LogP contribution in [0.2, 0.25) is 0 Å². The van der Waals surface area contributed by atoms with E-state index in [1.807, 2.05) is 0 Å². The highest BCUT2D eigenvalue weighted by molar-refractivity contribution is 5.48. The van der Waals surface area contributed by atoms with E-state index in [-0.39, 0.29) is 44.3 Å². The molecule has 6 heterocycles. The van der Waals surface area contributed by atoms with Crippen LogP contribution in [0, 0.1) is 0 Å². The minimum absolute atomic E-state index is 0.00832. The van der Waals surface area contributed by atoms with Gasteiger partial charge in [-0.2, -0.15) is 15.0 Å². The Morgan fingerprint density at radius 1 is 0.441 bits per heavy atom. The SMILES string of the molecule is CC1(C)CC(NCCCCCCN(c2nc(N3CCOCC3)nc(N(CCCCCCNC3CC(C)(C)NC(C)(C)C3)C3CC(C)(C)NC(C)(C)C3)n2)C2CC(C)(C)NC(C)(C)C2)CC(C)(C)N1. The largest absolute Gasteiger partial charge is 0.378 e. The monoisotopic (exact) mass is 951 g/mol. The summed E-state index contributed by atoms with van der Waals surface area (Å²) in [5.74, 6) is 2.54. The molecule has 5 aliphatic rings. The number of ether oxygens (including phenoxy) is 1. The maximum Gasteiger partial charge on any atom is 0.232 e. The first-order valence-corrected chi connectivity index (χ1v) is 27.7. The maximum atomic E-state index is 5.89. The highest BCUT2D eigenvalue weighted by Gasteiger charge is 2.44. The molecule has 0 aliphatic carbocycles. The van der Waals surface area contributed by atoms with E-state index < -0.39 is 0 Å². The summed E-state index contributed by atoms with van der Waals surface area (Å²) < 4.78 is 5.89. The highest BCUT2D eigenvalue weighted by Crippen LogP contribution is 2.37. The lowest BCUT2D eigenvalue weighted by molar-refractivity contribution is 0.122. The van der Waals surface area contributed by atoms with Crippen molar-refractivity contribution in [3.05, 3.63) is 0 Å². The summed E-state index contributed by atoms with van der Waals surface area (Å²) in [5.41, 5.74) is 0.614. The van der Waals surface area contributed by atoms with E-state index in [0.717, 1.165) is 95.6 Å². The van der Waals surface area contributed by atoms with Crippen LogP contribution < -0.4 is 46.6 Å². The minimum Gasteiger partial charge on any atom is -0.378 e. The average Bonchev–Trinajstić information content (AvgIpc) is 3.15. The van der Waals surface area contributed by atoms with E-state index in [1.54, 1.807) is 0 Å². The first-order valence-electron chi connectivity index (χ1n) is 27.7. The maximum absolute atomic E-state index is 5.89. The van der Waals surface area contributed by atoms with Gasteiger partial charge in [-0.25, -0.2) is 0 Å². The lowest BCUT2D eigenvalue weighted by Crippen LogP contribution is -2.63. The molecule has 6 rings (SSSR count). The third-order valence-corrected chi connectivity index (χ3v) is 15.5. The van der Waals surface area contributed by atoms with E-state index in [1.165, 1.54) is 64.2 Å². The lowest BCUT2D eigenvalue weighted by Gasteiger charge is -2.50. The molecular weight excluding hydrogens is 845 g/mol. The van der Waals surface area contributed by atoms with Crippen molar-refractivity contribution < 1.29 is 4.74 Å². The van der Waals surface area contributed by atoms with Crippen molar-refractivity contribution in [1.29, 1.82) is 0 Å². The molecule has 6 N–H and O–H groups in total. The van der Waals surface area contributed by atoms with E-state index in [4.69, 9.17) is 19.7 Å². The summed E-state index contributed by atoms with van der Waals surface area (Å²) in [6, 6.07) is 1.75. The molecule has 5 fully saturated rings. The Kier molecular flexibility index (Phi) is 18.0. The Labute approximate surface area is 417 Å². The molecule has 0 amide bonds. The Hall–Kier alpha value is -1.87. The van der Waals surface area contributed by atoms with Gasteiger partial charge in [-0.1, -0.05) is 25.7 Å². The molecule has 1 aromatic rings. The molecule has 0 radical (unpaired) electrons. The lowest BCUT2D eigenvalue weighted by atomic mass is 9.79. The van der Waals surface area contributed by atoms with Crippen LogP contribution >= 0.6 is 0 Å². The Morgan fingerprint density at radius 3 is 1.09 bits per heavy atom. The quantitative estimate of drug-likeness (QED) is 0.0658. The average molecular weight is 952 g/mol. The van der Waals surface area contributed by atoms with Crippen molar-refractivity contribution in [3.8, 4) is 0 Å². The number of unbranched alkanes of at least 4 members (excludes halogenated alkanes) is 6. The van der Waals surface area contributed by atoms with Crippen molar-refractivity contribution in [2.75, 3.05) is 67.2 Å². The van der Waals surface area contributed by atoms with Crippen LogP contribution in [0.15, 0.2) is 0 Å². The second-order valence-corrected chi connectivity index (χ2v) is 27.9. The van der Waals surface area contributed by atoms with Crippen molar-refractivity contribution in [3.63, 3.8) is 0 Å². The molecule has 5 saturated heterocycles. The fourth-order valence-electron chi connectivity index (χ4n) is 14.4. The van der Waals surface area contributed by atoms with Gasteiger partial charge in [0.25, 0.3) is 0 Å². The molecule has 13 heteroatoms. The van der Waals surface area contributed by atoms with Gasteiger partial charge >= 0.3 is 0 Å². The smallest absolute Gasteiger partial charge is 0.232 e. The molecule has 13 nitrogen and oxygen atoms in total.